The Morgan fingerprint density at radius 3 is 2.38 bits per heavy atom. The van der Waals surface area contributed by atoms with E-state index in [9.17, 15) is 14.6 Å². The maximum absolute atomic E-state index is 14.1. The molecule has 4 aromatic rings. The Morgan fingerprint density at radius 1 is 1.00 bits per heavy atom. The van der Waals surface area contributed by atoms with Gasteiger partial charge in [0.05, 0.1) is 0 Å². The predicted molar refractivity (Wildman–Crippen MR) is 107 cm³/mol. The average molecular weight is 563 g/mol. The van der Waals surface area contributed by atoms with Gasteiger partial charge in [0, 0.05) is 79.1 Å². The molecule has 3 N–H and O–H groups in total. The van der Waals surface area contributed by atoms with Crippen LogP contribution in [-0.4, -0.2) is 39.3 Å². The van der Waals surface area contributed by atoms with E-state index in [-0.39, 0.29) is 26.9 Å². The normalized spacial score (nSPS) is 10.4. The number of halogens is 1. The van der Waals surface area contributed by atoms with Crippen LogP contribution < -0.4 is 0 Å². The van der Waals surface area contributed by atoms with Gasteiger partial charge in [-0.25, -0.2) is 9.37 Å². The minimum atomic E-state index is -1.59. The van der Waals surface area contributed by atoms with E-state index in [0.29, 0.717) is 27.9 Å². The van der Waals surface area contributed by atoms with Gasteiger partial charge >= 0.3 is 0 Å². The van der Waals surface area contributed by atoms with Gasteiger partial charge in [-0.1, -0.05) is 18.2 Å². The van der Waals surface area contributed by atoms with Crippen molar-refractivity contribution in [1.82, 2.24) is 15.0 Å². The van der Waals surface area contributed by atoms with Crippen LogP contribution in [0.15, 0.2) is 61.2 Å². The van der Waals surface area contributed by atoms with Gasteiger partial charge in [-0.2, -0.15) is 14.1 Å². The molecule has 0 unspecified atom stereocenters. The molecule has 0 fully saturated rings. The number of benzene rings is 1. The van der Waals surface area contributed by atoms with Crippen molar-refractivity contribution in [1.29, 1.82) is 0 Å². The number of aromatic nitrogens is 3. The van der Waals surface area contributed by atoms with Gasteiger partial charge in [0.1, 0.15) is 11.5 Å². The van der Waals surface area contributed by atoms with Crippen LogP contribution in [0.2, 0.25) is 0 Å². The van der Waals surface area contributed by atoms with Crippen LogP contribution in [0.4, 0.5) is 4.39 Å². The molecule has 1 aromatic carbocycles. The number of aliphatic hydroxyl groups excluding tert-OH is 1. The number of aromatic amines is 1. The molecule has 29 heavy (non-hydrogen) atoms. The first-order valence-corrected chi connectivity index (χ1v) is 8.56. The van der Waals surface area contributed by atoms with Gasteiger partial charge in [0.2, 0.25) is 0 Å². The Hall–Kier alpha value is -2.44. The van der Waals surface area contributed by atoms with Crippen molar-refractivity contribution in [3.05, 3.63) is 77.9 Å². The minimum absolute atomic E-state index is 0. The second-order valence-electron chi connectivity index (χ2n) is 6.13. The number of nitrogens with one attached hydrogen (secondary N) is 1. The van der Waals surface area contributed by atoms with E-state index >= 15 is 0 Å². The zero-order valence-corrected chi connectivity index (χ0v) is 18.8. The molecule has 6 nitrogen and oxygen atoms in total. The molecule has 0 atom stereocenters. The predicted octanol–water partition coefficient (Wildman–Crippen LogP) is 4.03. The first kappa shape index (κ1) is 22.8. The van der Waals surface area contributed by atoms with Crippen LogP contribution in [0.25, 0.3) is 38.6 Å². The van der Waals surface area contributed by atoms with Crippen molar-refractivity contribution < 1.29 is 35.7 Å². The Labute approximate surface area is 182 Å². The SMILES string of the molecule is C[N-]C.OC(O)c1cncc(-c2cnc3[nH]cc(-c4ccccc4F)c3c2)c1.[W]. The van der Waals surface area contributed by atoms with Crippen LogP contribution in [0.3, 0.4) is 0 Å². The van der Waals surface area contributed by atoms with Crippen molar-refractivity contribution in [2.45, 2.75) is 6.29 Å². The zero-order chi connectivity index (χ0) is 20.1. The van der Waals surface area contributed by atoms with Gasteiger partial charge in [-0.3, -0.25) is 4.98 Å². The smallest absolute Gasteiger partial charge is 0.179 e. The molecule has 0 aliphatic heterocycles. The largest absolute Gasteiger partial charge is 0.668 e. The summed E-state index contributed by atoms with van der Waals surface area (Å²) in [6.45, 7) is 0. The van der Waals surface area contributed by atoms with E-state index in [1.165, 1.54) is 12.3 Å². The van der Waals surface area contributed by atoms with E-state index in [2.05, 4.69) is 20.3 Å². The fraction of sp³-hybridized carbons (Fsp3) is 0.143. The second-order valence-corrected chi connectivity index (χ2v) is 6.13. The third kappa shape index (κ3) is 5.13. The maximum atomic E-state index is 14.1. The van der Waals surface area contributed by atoms with Crippen molar-refractivity contribution in [2.75, 3.05) is 14.1 Å². The van der Waals surface area contributed by atoms with Crippen molar-refractivity contribution in [2.24, 2.45) is 0 Å². The molecule has 0 radical (unpaired) electrons. The first-order valence-electron chi connectivity index (χ1n) is 8.56. The number of hydrogen-bond donors (Lipinski definition) is 3. The summed E-state index contributed by atoms with van der Waals surface area (Å²) >= 11 is 0. The Balaban J connectivity index is 0.000000708. The third-order valence-corrected chi connectivity index (χ3v) is 4.09. The molecule has 150 valence electrons. The molecule has 0 saturated heterocycles. The zero-order valence-electron chi connectivity index (χ0n) is 15.9. The van der Waals surface area contributed by atoms with Crippen LogP contribution in [0, 0.1) is 5.82 Å². The Morgan fingerprint density at radius 2 is 1.69 bits per heavy atom. The van der Waals surface area contributed by atoms with Gasteiger partial charge in [-0.05, 0) is 18.2 Å². The minimum Gasteiger partial charge on any atom is -0.668 e. The Bertz CT molecular complexity index is 1090. The summed E-state index contributed by atoms with van der Waals surface area (Å²) in [5.41, 5.74) is 3.59. The molecular weight excluding hydrogens is 543 g/mol. The molecule has 0 bridgehead atoms. The maximum Gasteiger partial charge on any atom is 0.179 e. The molecular formula is C21H20FN4O2W-. The van der Waals surface area contributed by atoms with Crippen LogP contribution >= 0.6 is 0 Å². The fourth-order valence-electron chi connectivity index (χ4n) is 2.82. The van der Waals surface area contributed by atoms with E-state index < -0.39 is 6.29 Å². The molecule has 3 heterocycles. The van der Waals surface area contributed by atoms with Gasteiger partial charge in [0.25, 0.3) is 0 Å². The summed E-state index contributed by atoms with van der Waals surface area (Å²) in [5, 5.41) is 22.9. The fourth-order valence-corrected chi connectivity index (χ4v) is 2.82. The van der Waals surface area contributed by atoms with Crippen molar-refractivity contribution in [3.8, 4) is 22.3 Å². The van der Waals surface area contributed by atoms with Crippen LogP contribution in [0.1, 0.15) is 11.9 Å². The van der Waals surface area contributed by atoms with Crippen LogP contribution in [-0.2, 0) is 21.1 Å². The summed E-state index contributed by atoms with van der Waals surface area (Å²) in [6, 6.07) is 10.1. The van der Waals surface area contributed by atoms with E-state index in [1.54, 1.807) is 57.0 Å². The summed E-state index contributed by atoms with van der Waals surface area (Å²) in [4.78, 5) is 11.5. The molecule has 4 rings (SSSR count). The molecule has 0 spiro atoms. The quantitative estimate of drug-likeness (QED) is 0.328. The summed E-state index contributed by atoms with van der Waals surface area (Å²) in [6.07, 6.45) is 4.80. The number of nitrogens with zero attached hydrogens (tertiary/aromatic N) is 3. The van der Waals surface area contributed by atoms with Crippen molar-refractivity contribution in [3.63, 3.8) is 0 Å². The third-order valence-electron chi connectivity index (χ3n) is 4.09. The summed E-state index contributed by atoms with van der Waals surface area (Å²) in [7, 11) is 3.50. The number of H-pyrrole nitrogens is 1. The number of aliphatic hydroxyl groups is 2. The molecule has 3 aromatic heterocycles. The standard InChI is InChI=1S/C19H14FN3O2.C2H6N.W/c20-17-4-2-1-3-14(17)16-10-23-18-15(16)6-12(9-22-18)11-5-13(19(24)25)8-21-7-11;1-3-2;/h1-10,19,24-25H,(H,22,23);1-2H3;/q;-1;. The molecule has 0 amide bonds. The van der Waals surface area contributed by atoms with E-state index in [1.807, 2.05) is 6.07 Å². The Kier molecular flexibility index (Phi) is 8.17. The second kappa shape index (κ2) is 10.4. The van der Waals surface area contributed by atoms with Gasteiger partial charge in [-0.15, -0.1) is 0 Å². The van der Waals surface area contributed by atoms with Crippen LogP contribution in [0.5, 0.6) is 0 Å². The van der Waals surface area contributed by atoms with Gasteiger partial charge < -0.3 is 20.5 Å². The number of fused-ring (bicyclic) bond motifs is 1. The molecule has 0 aliphatic rings. The molecule has 0 saturated carbocycles. The number of rotatable bonds is 3. The molecule has 8 heteroatoms. The van der Waals surface area contributed by atoms with E-state index in [4.69, 9.17) is 0 Å². The van der Waals surface area contributed by atoms with Crippen molar-refractivity contribution >= 4 is 11.0 Å². The summed E-state index contributed by atoms with van der Waals surface area (Å²) < 4.78 is 14.1. The number of hydrogen-bond acceptors (Lipinski definition) is 4. The monoisotopic (exact) mass is 563 g/mol. The van der Waals surface area contributed by atoms with Gasteiger partial charge in [0.15, 0.2) is 6.29 Å². The summed E-state index contributed by atoms with van der Waals surface area (Å²) in [5.74, 6) is -0.305. The number of pyridine rings is 2. The topological polar surface area (TPSA) is 96.1 Å². The average Bonchev–Trinajstić information content (AvgIpc) is 3.12. The first-order chi connectivity index (χ1) is 13.5. The molecule has 0 aliphatic carbocycles. The van der Waals surface area contributed by atoms with E-state index in [0.717, 1.165) is 10.9 Å².